The Morgan fingerprint density at radius 1 is 1.15 bits per heavy atom. The molecule has 1 rings (SSSR count). The van der Waals surface area contributed by atoms with Gasteiger partial charge in [-0.25, -0.2) is 0 Å². The molecule has 0 spiro atoms. The van der Waals surface area contributed by atoms with E-state index in [2.05, 4.69) is 10.6 Å². The number of rotatable bonds is 5. The van der Waals surface area contributed by atoms with Crippen molar-refractivity contribution in [3.63, 3.8) is 0 Å². The summed E-state index contributed by atoms with van der Waals surface area (Å²) >= 11 is 0. The van der Waals surface area contributed by atoms with Crippen molar-refractivity contribution in [2.24, 2.45) is 0 Å². The Labute approximate surface area is 121 Å². The van der Waals surface area contributed by atoms with Crippen LogP contribution in [0.15, 0.2) is 30.3 Å². The van der Waals surface area contributed by atoms with Gasteiger partial charge in [-0.15, -0.1) is 0 Å². The van der Waals surface area contributed by atoms with E-state index in [0.717, 1.165) is 5.56 Å². The second kappa shape index (κ2) is 7.08. The first kappa shape index (κ1) is 16.2. The zero-order chi connectivity index (χ0) is 15.2. The molecule has 2 amide bonds. The molecule has 0 saturated carbocycles. The third kappa shape index (κ3) is 5.87. The predicted molar refractivity (Wildman–Crippen MR) is 80.3 cm³/mol. The van der Waals surface area contributed by atoms with Gasteiger partial charge in [0.2, 0.25) is 11.8 Å². The quantitative estimate of drug-likeness (QED) is 0.864. The summed E-state index contributed by atoms with van der Waals surface area (Å²) < 4.78 is 0. The molecule has 1 atom stereocenters. The van der Waals surface area contributed by atoms with Gasteiger partial charge in [-0.3, -0.25) is 9.59 Å². The van der Waals surface area contributed by atoms with Crippen molar-refractivity contribution in [1.82, 2.24) is 10.6 Å². The van der Waals surface area contributed by atoms with Crippen LogP contribution in [0.5, 0.6) is 0 Å². The zero-order valence-corrected chi connectivity index (χ0v) is 12.7. The first-order valence-corrected chi connectivity index (χ1v) is 6.97. The van der Waals surface area contributed by atoms with Crippen molar-refractivity contribution in [3.8, 4) is 0 Å². The molecule has 0 aliphatic carbocycles. The third-order valence-corrected chi connectivity index (χ3v) is 2.75. The highest BCUT2D eigenvalue weighted by Gasteiger charge is 2.24. The molecule has 20 heavy (non-hydrogen) atoms. The van der Waals surface area contributed by atoms with Crippen molar-refractivity contribution in [1.29, 1.82) is 0 Å². The van der Waals surface area contributed by atoms with E-state index in [9.17, 15) is 9.59 Å². The van der Waals surface area contributed by atoms with E-state index in [-0.39, 0.29) is 17.4 Å². The van der Waals surface area contributed by atoms with Crippen molar-refractivity contribution in [3.05, 3.63) is 35.9 Å². The van der Waals surface area contributed by atoms with Crippen LogP contribution in [0.25, 0.3) is 0 Å². The van der Waals surface area contributed by atoms with E-state index in [1.807, 2.05) is 51.1 Å². The molecule has 2 N–H and O–H groups in total. The fraction of sp³-hybridized carbons (Fsp3) is 0.500. The van der Waals surface area contributed by atoms with Gasteiger partial charge in [0, 0.05) is 18.4 Å². The lowest BCUT2D eigenvalue weighted by molar-refractivity contribution is -0.129. The van der Waals surface area contributed by atoms with Crippen LogP contribution in [-0.4, -0.2) is 23.4 Å². The van der Waals surface area contributed by atoms with E-state index in [0.29, 0.717) is 12.8 Å². The fourth-order valence-corrected chi connectivity index (χ4v) is 1.81. The molecular weight excluding hydrogens is 252 g/mol. The predicted octanol–water partition coefficient (Wildman–Crippen LogP) is 2.04. The highest BCUT2D eigenvalue weighted by molar-refractivity contribution is 5.88. The van der Waals surface area contributed by atoms with Crippen LogP contribution in [0.2, 0.25) is 0 Å². The topological polar surface area (TPSA) is 58.2 Å². The lowest BCUT2D eigenvalue weighted by Crippen LogP contribution is -2.52. The second-order valence-corrected chi connectivity index (χ2v) is 5.90. The van der Waals surface area contributed by atoms with E-state index < -0.39 is 6.04 Å². The van der Waals surface area contributed by atoms with Gasteiger partial charge >= 0.3 is 0 Å². The molecule has 0 unspecified atom stereocenters. The van der Waals surface area contributed by atoms with E-state index in [1.165, 1.54) is 0 Å². The van der Waals surface area contributed by atoms with Gasteiger partial charge < -0.3 is 10.6 Å². The number of benzene rings is 1. The SMILES string of the molecule is CCC(=O)N[C@@H](Cc1ccccc1)C(=O)NC(C)(C)C. The fourth-order valence-electron chi connectivity index (χ4n) is 1.81. The molecule has 110 valence electrons. The minimum Gasteiger partial charge on any atom is -0.350 e. The molecular formula is C16H24N2O2. The van der Waals surface area contributed by atoms with Gasteiger partial charge in [0.05, 0.1) is 0 Å². The van der Waals surface area contributed by atoms with Gasteiger partial charge in [-0.05, 0) is 26.3 Å². The number of hydrogen-bond donors (Lipinski definition) is 2. The Kier molecular flexibility index (Phi) is 5.74. The summed E-state index contributed by atoms with van der Waals surface area (Å²) in [7, 11) is 0. The third-order valence-electron chi connectivity index (χ3n) is 2.75. The van der Waals surface area contributed by atoms with Crippen LogP contribution in [0.3, 0.4) is 0 Å². The maximum atomic E-state index is 12.3. The minimum atomic E-state index is -0.538. The lowest BCUT2D eigenvalue weighted by atomic mass is 10.0. The highest BCUT2D eigenvalue weighted by Crippen LogP contribution is 2.06. The molecule has 4 heteroatoms. The number of hydrogen-bond acceptors (Lipinski definition) is 2. The lowest BCUT2D eigenvalue weighted by Gasteiger charge is -2.25. The average Bonchev–Trinajstić information content (AvgIpc) is 2.37. The smallest absolute Gasteiger partial charge is 0.243 e. The Morgan fingerprint density at radius 3 is 2.25 bits per heavy atom. The molecule has 0 heterocycles. The maximum Gasteiger partial charge on any atom is 0.243 e. The summed E-state index contributed by atoms with van der Waals surface area (Å²) in [5.74, 6) is -0.266. The summed E-state index contributed by atoms with van der Waals surface area (Å²) in [6, 6.07) is 9.15. The summed E-state index contributed by atoms with van der Waals surface area (Å²) in [5, 5.41) is 5.70. The van der Waals surface area contributed by atoms with Crippen LogP contribution in [0.1, 0.15) is 39.7 Å². The van der Waals surface area contributed by atoms with Crippen LogP contribution >= 0.6 is 0 Å². The summed E-state index contributed by atoms with van der Waals surface area (Å²) in [6.45, 7) is 7.54. The Bertz CT molecular complexity index is 449. The van der Waals surface area contributed by atoms with E-state index >= 15 is 0 Å². The van der Waals surface area contributed by atoms with Crippen molar-refractivity contribution in [2.45, 2.75) is 52.1 Å². The van der Waals surface area contributed by atoms with Crippen LogP contribution < -0.4 is 10.6 Å². The van der Waals surface area contributed by atoms with Crippen molar-refractivity contribution < 1.29 is 9.59 Å². The molecule has 1 aromatic rings. The van der Waals surface area contributed by atoms with Crippen molar-refractivity contribution >= 4 is 11.8 Å². The molecule has 0 bridgehead atoms. The van der Waals surface area contributed by atoms with Gasteiger partial charge in [0.1, 0.15) is 6.04 Å². The van der Waals surface area contributed by atoms with Gasteiger partial charge in [0.15, 0.2) is 0 Å². The van der Waals surface area contributed by atoms with Gasteiger partial charge in [-0.2, -0.15) is 0 Å². The standard InChI is InChI=1S/C16H24N2O2/c1-5-14(19)17-13(15(20)18-16(2,3)4)11-12-9-7-6-8-10-12/h6-10,13H,5,11H2,1-4H3,(H,17,19)(H,18,20)/t13-/m0/s1. The molecule has 0 saturated heterocycles. The summed E-state index contributed by atoms with van der Waals surface area (Å²) in [5.41, 5.74) is 0.709. The zero-order valence-electron chi connectivity index (χ0n) is 12.7. The second-order valence-electron chi connectivity index (χ2n) is 5.90. The first-order chi connectivity index (χ1) is 9.31. The molecule has 1 aromatic carbocycles. The van der Waals surface area contributed by atoms with Gasteiger partial charge in [0.25, 0.3) is 0 Å². The van der Waals surface area contributed by atoms with E-state index in [1.54, 1.807) is 6.92 Å². The monoisotopic (exact) mass is 276 g/mol. The highest BCUT2D eigenvalue weighted by atomic mass is 16.2. The first-order valence-electron chi connectivity index (χ1n) is 6.97. The molecule has 0 aromatic heterocycles. The number of carbonyl (C=O) groups is 2. The average molecular weight is 276 g/mol. The number of carbonyl (C=O) groups excluding carboxylic acids is 2. The number of nitrogens with one attached hydrogen (secondary N) is 2. The van der Waals surface area contributed by atoms with Crippen LogP contribution in [-0.2, 0) is 16.0 Å². The minimum absolute atomic E-state index is 0.116. The maximum absolute atomic E-state index is 12.3. The molecule has 0 aliphatic heterocycles. The largest absolute Gasteiger partial charge is 0.350 e. The molecule has 4 nitrogen and oxygen atoms in total. The molecule has 0 radical (unpaired) electrons. The molecule has 0 aliphatic rings. The Hall–Kier alpha value is -1.84. The number of amides is 2. The van der Waals surface area contributed by atoms with E-state index in [4.69, 9.17) is 0 Å². The normalized spacial score (nSPS) is 12.6. The van der Waals surface area contributed by atoms with Crippen LogP contribution in [0, 0.1) is 0 Å². The summed E-state index contributed by atoms with van der Waals surface area (Å²) in [6.07, 6.45) is 0.864. The Balaban J connectivity index is 2.79. The van der Waals surface area contributed by atoms with Gasteiger partial charge in [-0.1, -0.05) is 37.3 Å². The Morgan fingerprint density at radius 2 is 1.75 bits per heavy atom. The van der Waals surface area contributed by atoms with Crippen LogP contribution in [0.4, 0.5) is 0 Å². The van der Waals surface area contributed by atoms with Crippen molar-refractivity contribution in [2.75, 3.05) is 0 Å². The molecule has 0 fully saturated rings. The summed E-state index contributed by atoms with van der Waals surface area (Å²) in [4.78, 5) is 23.9.